The Labute approximate surface area is 135 Å². The quantitative estimate of drug-likeness (QED) is 0.645. The minimum Gasteiger partial charge on any atom is -0.493 e. The van der Waals surface area contributed by atoms with Crippen molar-refractivity contribution < 1.29 is 14.3 Å². The average Bonchev–Trinajstić information content (AvgIpc) is 2.53. The largest absolute Gasteiger partial charge is 0.493 e. The van der Waals surface area contributed by atoms with Crippen molar-refractivity contribution in [3.8, 4) is 17.6 Å². The number of rotatable bonds is 6. The number of hydrogen-bond acceptors (Lipinski definition) is 4. The molecule has 0 fully saturated rings. The number of methoxy groups -OCH3 is 1. The van der Waals surface area contributed by atoms with E-state index >= 15 is 0 Å². The Hall–Kier alpha value is -2.19. The Morgan fingerprint density at radius 3 is 2.73 bits per heavy atom. The molecule has 0 aromatic heterocycles. The highest BCUT2D eigenvalue weighted by atomic mass is 35.5. The summed E-state index contributed by atoms with van der Waals surface area (Å²) in [5.41, 5.74) is 0.565. The highest BCUT2D eigenvalue weighted by Crippen LogP contribution is 2.37. The number of hydrogen-bond donors (Lipinski definition) is 1. The maximum atomic E-state index is 11.5. The maximum Gasteiger partial charge on any atom is 0.261 e. The fourth-order valence-electron chi connectivity index (χ4n) is 1.67. The molecule has 0 radical (unpaired) electrons. The summed E-state index contributed by atoms with van der Waals surface area (Å²) >= 11 is 6.24. The minimum absolute atomic E-state index is 0.00618. The van der Waals surface area contributed by atoms with Gasteiger partial charge in [-0.05, 0) is 37.1 Å². The van der Waals surface area contributed by atoms with Crippen molar-refractivity contribution in [1.82, 2.24) is 5.32 Å². The molecule has 1 atom stereocenters. The Kier molecular flexibility index (Phi) is 6.74. The zero-order chi connectivity index (χ0) is 16.7. The van der Waals surface area contributed by atoms with Gasteiger partial charge in [0, 0.05) is 7.05 Å². The van der Waals surface area contributed by atoms with Crippen molar-refractivity contribution in [2.75, 3.05) is 14.2 Å². The van der Waals surface area contributed by atoms with E-state index < -0.39 is 5.91 Å². The first-order valence-electron chi connectivity index (χ1n) is 6.84. The first-order valence-corrected chi connectivity index (χ1v) is 7.22. The zero-order valence-corrected chi connectivity index (χ0v) is 13.8. The first kappa shape index (κ1) is 17.9. The SMILES string of the molecule is CC[C@@H](C)Oc1c(Cl)cc(/C=C(/C#N)C(=O)NC)cc1OC. The summed E-state index contributed by atoms with van der Waals surface area (Å²) in [6.07, 6.45) is 2.27. The Bertz CT molecular complexity index is 621. The fourth-order valence-corrected chi connectivity index (χ4v) is 1.94. The molecule has 0 heterocycles. The van der Waals surface area contributed by atoms with Crippen LogP contribution in [0.15, 0.2) is 17.7 Å². The van der Waals surface area contributed by atoms with Crippen LogP contribution >= 0.6 is 11.6 Å². The third-order valence-corrected chi connectivity index (χ3v) is 3.33. The lowest BCUT2D eigenvalue weighted by Crippen LogP contribution is -2.19. The second kappa shape index (κ2) is 8.30. The number of likely N-dealkylation sites (N-methyl/N-ethyl adjacent to an activating group) is 1. The van der Waals surface area contributed by atoms with Crippen LogP contribution in [0, 0.1) is 11.3 Å². The van der Waals surface area contributed by atoms with E-state index in [0.29, 0.717) is 22.1 Å². The molecule has 22 heavy (non-hydrogen) atoms. The van der Waals surface area contributed by atoms with E-state index in [0.717, 1.165) is 6.42 Å². The molecule has 0 aliphatic heterocycles. The highest BCUT2D eigenvalue weighted by Gasteiger charge is 2.15. The van der Waals surface area contributed by atoms with Gasteiger partial charge in [0.05, 0.1) is 18.2 Å². The van der Waals surface area contributed by atoms with Crippen LogP contribution < -0.4 is 14.8 Å². The summed E-state index contributed by atoms with van der Waals surface area (Å²) in [5, 5.41) is 11.8. The first-order chi connectivity index (χ1) is 10.5. The predicted molar refractivity (Wildman–Crippen MR) is 86.0 cm³/mol. The van der Waals surface area contributed by atoms with Gasteiger partial charge in [0.1, 0.15) is 11.6 Å². The molecule has 1 rings (SSSR count). The lowest BCUT2D eigenvalue weighted by Gasteiger charge is -2.17. The molecule has 0 aliphatic rings. The van der Waals surface area contributed by atoms with Gasteiger partial charge in [-0.25, -0.2) is 0 Å². The van der Waals surface area contributed by atoms with Crippen LogP contribution in [-0.4, -0.2) is 26.2 Å². The third kappa shape index (κ3) is 4.40. The summed E-state index contributed by atoms with van der Waals surface area (Å²) in [7, 11) is 2.97. The summed E-state index contributed by atoms with van der Waals surface area (Å²) in [4.78, 5) is 11.5. The number of carbonyl (C=O) groups excluding carboxylic acids is 1. The van der Waals surface area contributed by atoms with Crippen molar-refractivity contribution in [3.63, 3.8) is 0 Å². The fraction of sp³-hybridized carbons (Fsp3) is 0.375. The van der Waals surface area contributed by atoms with E-state index in [9.17, 15) is 4.79 Å². The standard InChI is InChI=1S/C16H19ClN2O3/c1-5-10(2)22-15-13(17)7-11(8-14(15)21-4)6-12(9-18)16(20)19-3/h6-8,10H,5H2,1-4H3,(H,19,20)/b12-6-/t10-/m1/s1. The highest BCUT2D eigenvalue weighted by molar-refractivity contribution is 6.32. The Morgan fingerprint density at radius 1 is 1.55 bits per heavy atom. The van der Waals surface area contributed by atoms with Crippen molar-refractivity contribution in [1.29, 1.82) is 5.26 Å². The van der Waals surface area contributed by atoms with Gasteiger partial charge in [0.2, 0.25) is 0 Å². The van der Waals surface area contributed by atoms with Crippen LogP contribution in [-0.2, 0) is 4.79 Å². The third-order valence-electron chi connectivity index (χ3n) is 3.05. The van der Waals surface area contributed by atoms with E-state index in [4.69, 9.17) is 26.3 Å². The number of amides is 1. The van der Waals surface area contributed by atoms with Gasteiger partial charge in [-0.3, -0.25) is 4.79 Å². The molecular weight excluding hydrogens is 304 g/mol. The predicted octanol–water partition coefficient (Wildman–Crippen LogP) is 3.18. The zero-order valence-electron chi connectivity index (χ0n) is 13.1. The van der Waals surface area contributed by atoms with Crippen LogP contribution in [0.3, 0.4) is 0 Å². The van der Waals surface area contributed by atoms with Gasteiger partial charge < -0.3 is 14.8 Å². The van der Waals surface area contributed by atoms with E-state index in [1.165, 1.54) is 20.2 Å². The van der Waals surface area contributed by atoms with Crippen LogP contribution in [0.1, 0.15) is 25.8 Å². The van der Waals surface area contributed by atoms with E-state index in [-0.39, 0.29) is 11.7 Å². The number of nitrogens with zero attached hydrogens (tertiary/aromatic N) is 1. The van der Waals surface area contributed by atoms with Gasteiger partial charge in [-0.1, -0.05) is 18.5 Å². The van der Waals surface area contributed by atoms with Crippen molar-refractivity contribution >= 4 is 23.6 Å². The molecular formula is C16H19ClN2O3. The second-order valence-electron chi connectivity index (χ2n) is 4.62. The normalized spacial score (nSPS) is 12.3. The number of ether oxygens (including phenoxy) is 2. The van der Waals surface area contributed by atoms with E-state index in [1.807, 2.05) is 19.9 Å². The Morgan fingerprint density at radius 2 is 2.23 bits per heavy atom. The Balaban J connectivity index is 3.26. The van der Waals surface area contributed by atoms with Crippen molar-refractivity contribution in [3.05, 3.63) is 28.3 Å². The number of benzene rings is 1. The molecule has 1 N–H and O–H groups in total. The minimum atomic E-state index is -0.461. The summed E-state index contributed by atoms with van der Waals surface area (Å²) in [6, 6.07) is 5.15. The van der Waals surface area contributed by atoms with Crippen LogP contribution in [0.5, 0.6) is 11.5 Å². The van der Waals surface area contributed by atoms with Gasteiger partial charge >= 0.3 is 0 Å². The molecule has 6 heteroatoms. The topological polar surface area (TPSA) is 71.3 Å². The number of halogens is 1. The lowest BCUT2D eigenvalue weighted by atomic mass is 10.1. The molecule has 0 saturated heterocycles. The second-order valence-corrected chi connectivity index (χ2v) is 5.03. The number of nitriles is 1. The molecule has 0 saturated carbocycles. The molecule has 1 aromatic carbocycles. The molecule has 5 nitrogen and oxygen atoms in total. The molecule has 0 spiro atoms. The summed E-state index contributed by atoms with van der Waals surface area (Å²) < 4.78 is 11.0. The monoisotopic (exact) mass is 322 g/mol. The van der Waals surface area contributed by atoms with Crippen molar-refractivity contribution in [2.24, 2.45) is 0 Å². The smallest absolute Gasteiger partial charge is 0.261 e. The number of carbonyl (C=O) groups is 1. The molecule has 1 amide bonds. The van der Waals surface area contributed by atoms with Gasteiger partial charge in [0.15, 0.2) is 11.5 Å². The van der Waals surface area contributed by atoms with Crippen molar-refractivity contribution in [2.45, 2.75) is 26.4 Å². The molecule has 118 valence electrons. The van der Waals surface area contributed by atoms with Crippen LogP contribution in [0.25, 0.3) is 6.08 Å². The van der Waals surface area contributed by atoms with Gasteiger partial charge in [-0.15, -0.1) is 0 Å². The number of nitrogens with one attached hydrogen (secondary N) is 1. The molecule has 0 aliphatic carbocycles. The lowest BCUT2D eigenvalue weighted by molar-refractivity contribution is -0.116. The van der Waals surface area contributed by atoms with Gasteiger partial charge in [-0.2, -0.15) is 5.26 Å². The molecule has 0 bridgehead atoms. The average molecular weight is 323 g/mol. The van der Waals surface area contributed by atoms with Crippen LogP contribution in [0.4, 0.5) is 0 Å². The van der Waals surface area contributed by atoms with Crippen LogP contribution in [0.2, 0.25) is 5.02 Å². The van der Waals surface area contributed by atoms with Gasteiger partial charge in [0.25, 0.3) is 5.91 Å². The summed E-state index contributed by atoms with van der Waals surface area (Å²) in [5.74, 6) is 0.444. The molecule has 0 unspecified atom stereocenters. The van der Waals surface area contributed by atoms with E-state index in [1.54, 1.807) is 12.1 Å². The maximum absolute atomic E-state index is 11.5. The molecule has 1 aromatic rings. The summed E-state index contributed by atoms with van der Waals surface area (Å²) in [6.45, 7) is 3.94. The van der Waals surface area contributed by atoms with E-state index in [2.05, 4.69) is 5.32 Å².